The van der Waals surface area contributed by atoms with Crippen molar-refractivity contribution in [3.8, 4) is 0 Å². The fourth-order valence-electron chi connectivity index (χ4n) is 3.35. The van der Waals surface area contributed by atoms with Gasteiger partial charge in [0.15, 0.2) is 5.13 Å². The Hall–Kier alpha value is -1.86. The first kappa shape index (κ1) is 21.8. The van der Waals surface area contributed by atoms with Gasteiger partial charge in [0.1, 0.15) is 0 Å². The molecule has 3 aromatic rings. The van der Waals surface area contributed by atoms with Crippen LogP contribution in [0.1, 0.15) is 22.4 Å². The lowest BCUT2D eigenvalue weighted by Gasteiger charge is -2.27. The summed E-state index contributed by atoms with van der Waals surface area (Å²) < 4.78 is 0. The van der Waals surface area contributed by atoms with Gasteiger partial charge in [0.25, 0.3) is 0 Å². The van der Waals surface area contributed by atoms with E-state index in [1.165, 1.54) is 28.0 Å². The molecule has 29 heavy (non-hydrogen) atoms. The molecule has 0 fully saturated rings. The van der Waals surface area contributed by atoms with Crippen molar-refractivity contribution in [2.75, 3.05) is 17.6 Å². The lowest BCUT2D eigenvalue weighted by molar-refractivity contribution is -0.113. The zero-order chi connectivity index (χ0) is 19.2. The highest BCUT2D eigenvalue weighted by molar-refractivity contribution is 7.99. The second-order valence-electron chi connectivity index (χ2n) is 6.90. The van der Waals surface area contributed by atoms with Crippen molar-refractivity contribution in [2.45, 2.75) is 25.3 Å². The Morgan fingerprint density at radius 3 is 2.69 bits per heavy atom. The highest BCUT2D eigenvalue weighted by atomic mass is 35.5. The van der Waals surface area contributed by atoms with Crippen LogP contribution in [0.4, 0.5) is 5.13 Å². The number of thioether (sulfide) groups is 1. The van der Waals surface area contributed by atoms with E-state index >= 15 is 0 Å². The molecular weight excluding hydrogens is 422 g/mol. The summed E-state index contributed by atoms with van der Waals surface area (Å²) in [5.74, 6) is 1.29. The molecule has 0 saturated heterocycles. The summed E-state index contributed by atoms with van der Waals surface area (Å²) in [7, 11) is 0. The minimum absolute atomic E-state index is 0. The SMILES string of the molecule is Cl.O=C(CSCc1ccccc1)Nc1nc(CN2CCc3ccccc3C2)cs1. The molecule has 0 radical (unpaired) electrons. The first-order valence-corrected chi connectivity index (χ1v) is 11.4. The number of nitrogens with zero attached hydrogens (tertiary/aromatic N) is 2. The molecule has 1 aromatic heterocycles. The Bertz CT molecular complexity index is 933. The average molecular weight is 446 g/mol. The van der Waals surface area contributed by atoms with E-state index in [-0.39, 0.29) is 18.3 Å². The number of thiazole rings is 1. The van der Waals surface area contributed by atoms with Gasteiger partial charge in [0.05, 0.1) is 11.4 Å². The third kappa shape index (κ3) is 6.31. The Balaban J connectivity index is 0.00000240. The van der Waals surface area contributed by atoms with Crippen molar-refractivity contribution in [1.82, 2.24) is 9.88 Å². The molecule has 0 aliphatic carbocycles. The standard InChI is InChI=1S/C22H23N3OS2.ClH/c26-21(16-27-14-17-6-2-1-3-7-17)24-22-23-20(15-28-22)13-25-11-10-18-8-4-5-9-19(18)12-25;/h1-9,15H,10-14,16H2,(H,23,24,26);1H. The van der Waals surface area contributed by atoms with E-state index in [9.17, 15) is 4.79 Å². The Labute approximate surface area is 186 Å². The fourth-order valence-corrected chi connectivity index (χ4v) is 4.85. The first-order chi connectivity index (χ1) is 13.8. The van der Waals surface area contributed by atoms with Crippen LogP contribution >= 0.6 is 35.5 Å². The van der Waals surface area contributed by atoms with Gasteiger partial charge in [-0.05, 0) is 23.1 Å². The van der Waals surface area contributed by atoms with Gasteiger partial charge < -0.3 is 5.32 Å². The molecule has 0 saturated carbocycles. The molecule has 0 atom stereocenters. The number of halogens is 1. The maximum absolute atomic E-state index is 12.2. The highest BCUT2D eigenvalue weighted by Gasteiger charge is 2.17. The Morgan fingerprint density at radius 2 is 1.86 bits per heavy atom. The minimum atomic E-state index is 0. The van der Waals surface area contributed by atoms with E-state index < -0.39 is 0 Å². The Morgan fingerprint density at radius 1 is 1.10 bits per heavy atom. The molecule has 0 bridgehead atoms. The van der Waals surface area contributed by atoms with E-state index in [1.54, 1.807) is 11.8 Å². The predicted molar refractivity (Wildman–Crippen MR) is 125 cm³/mol. The van der Waals surface area contributed by atoms with Crippen molar-refractivity contribution >= 4 is 46.5 Å². The summed E-state index contributed by atoms with van der Waals surface area (Å²) in [4.78, 5) is 19.2. The quantitative estimate of drug-likeness (QED) is 0.556. The van der Waals surface area contributed by atoms with E-state index in [0.717, 1.165) is 37.5 Å². The van der Waals surface area contributed by atoms with Crippen LogP contribution in [0, 0.1) is 0 Å². The van der Waals surface area contributed by atoms with E-state index in [4.69, 9.17) is 0 Å². The zero-order valence-electron chi connectivity index (χ0n) is 16.0. The number of amides is 1. The molecule has 2 heterocycles. The number of carbonyl (C=O) groups is 1. The molecule has 7 heteroatoms. The fraction of sp³-hybridized carbons (Fsp3) is 0.273. The summed E-state index contributed by atoms with van der Waals surface area (Å²) >= 11 is 3.12. The molecule has 1 aliphatic rings. The van der Waals surface area contributed by atoms with Gasteiger partial charge in [-0.1, -0.05) is 54.6 Å². The summed E-state index contributed by atoms with van der Waals surface area (Å²) in [6, 6.07) is 18.9. The predicted octanol–water partition coefficient (Wildman–Crippen LogP) is 5.00. The van der Waals surface area contributed by atoms with Crippen molar-refractivity contribution in [1.29, 1.82) is 0 Å². The van der Waals surface area contributed by atoms with Crippen LogP contribution in [0.5, 0.6) is 0 Å². The number of anilines is 1. The minimum Gasteiger partial charge on any atom is -0.301 e. The summed E-state index contributed by atoms with van der Waals surface area (Å²) in [6.45, 7) is 2.83. The molecule has 0 unspecified atom stereocenters. The van der Waals surface area contributed by atoms with Crippen molar-refractivity contribution < 1.29 is 4.79 Å². The van der Waals surface area contributed by atoms with Gasteiger partial charge in [-0.2, -0.15) is 0 Å². The van der Waals surface area contributed by atoms with Crippen molar-refractivity contribution in [2.24, 2.45) is 0 Å². The lowest BCUT2D eigenvalue weighted by atomic mass is 10.00. The number of hydrogen-bond acceptors (Lipinski definition) is 5. The molecule has 1 aliphatic heterocycles. The van der Waals surface area contributed by atoms with Crippen LogP contribution in [-0.2, 0) is 30.1 Å². The molecule has 4 nitrogen and oxygen atoms in total. The number of nitrogens with one attached hydrogen (secondary N) is 1. The van der Waals surface area contributed by atoms with Crippen LogP contribution in [0.25, 0.3) is 0 Å². The molecule has 0 spiro atoms. The number of fused-ring (bicyclic) bond motifs is 1. The van der Waals surface area contributed by atoms with E-state index in [2.05, 4.69) is 51.6 Å². The number of hydrogen-bond donors (Lipinski definition) is 1. The van der Waals surface area contributed by atoms with Gasteiger partial charge in [0.2, 0.25) is 5.91 Å². The van der Waals surface area contributed by atoms with Crippen LogP contribution < -0.4 is 5.32 Å². The van der Waals surface area contributed by atoms with Gasteiger partial charge in [-0.15, -0.1) is 35.5 Å². The molecule has 4 rings (SSSR count). The van der Waals surface area contributed by atoms with Gasteiger partial charge in [-0.3, -0.25) is 9.69 Å². The average Bonchev–Trinajstić information content (AvgIpc) is 3.15. The molecule has 2 aromatic carbocycles. The molecule has 1 N–H and O–H groups in total. The zero-order valence-corrected chi connectivity index (χ0v) is 18.5. The molecular formula is C22H24ClN3OS2. The van der Waals surface area contributed by atoms with Crippen molar-refractivity contribution in [3.05, 3.63) is 82.4 Å². The topological polar surface area (TPSA) is 45.2 Å². The van der Waals surface area contributed by atoms with Gasteiger partial charge in [-0.25, -0.2) is 4.98 Å². The third-order valence-electron chi connectivity index (χ3n) is 4.74. The largest absolute Gasteiger partial charge is 0.301 e. The monoisotopic (exact) mass is 445 g/mol. The second kappa shape index (κ2) is 10.8. The van der Waals surface area contributed by atoms with E-state index in [1.807, 2.05) is 23.6 Å². The normalized spacial score (nSPS) is 13.4. The lowest BCUT2D eigenvalue weighted by Crippen LogP contribution is -2.30. The Kier molecular flexibility index (Phi) is 8.12. The first-order valence-electron chi connectivity index (χ1n) is 9.41. The van der Waals surface area contributed by atoms with Crippen LogP contribution in [-0.4, -0.2) is 28.1 Å². The van der Waals surface area contributed by atoms with E-state index in [0.29, 0.717) is 10.9 Å². The second-order valence-corrected chi connectivity index (χ2v) is 8.74. The molecule has 152 valence electrons. The molecule has 1 amide bonds. The summed E-state index contributed by atoms with van der Waals surface area (Å²) in [5, 5.41) is 5.67. The third-order valence-corrected chi connectivity index (χ3v) is 6.55. The smallest absolute Gasteiger partial charge is 0.236 e. The van der Waals surface area contributed by atoms with Gasteiger partial charge >= 0.3 is 0 Å². The maximum Gasteiger partial charge on any atom is 0.236 e. The summed E-state index contributed by atoms with van der Waals surface area (Å²) in [6.07, 6.45) is 1.09. The van der Waals surface area contributed by atoms with Crippen LogP contribution in [0.15, 0.2) is 60.0 Å². The number of aromatic nitrogens is 1. The maximum atomic E-state index is 12.2. The number of benzene rings is 2. The van der Waals surface area contributed by atoms with Crippen LogP contribution in [0.2, 0.25) is 0 Å². The summed E-state index contributed by atoms with van der Waals surface area (Å²) in [5.41, 5.74) is 5.13. The van der Waals surface area contributed by atoms with Crippen LogP contribution in [0.3, 0.4) is 0 Å². The number of carbonyl (C=O) groups excluding carboxylic acids is 1. The highest BCUT2D eigenvalue weighted by Crippen LogP contribution is 2.22. The van der Waals surface area contributed by atoms with Crippen molar-refractivity contribution in [3.63, 3.8) is 0 Å². The van der Waals surface area contributed by atoms with Gasteiger partial charge in [0, 0.05) is 30.8 Å². The number of rotatable bonds is 7.